The number of nitrogens with one attached hydrogen (secondary N) is 1. The van der Waals surface area contributed by atoms with Crippen LogP contribution in [0.2, 0.25) is 0 Å². The van der Waals surface area contributed by atoms with Gasteiger partial charge in [-0.3, -0.25) is 0 Å². The Morgan fingerprint density at radius 1 is 1.29 bits per heavy atom. The predicted octanol–water partition coefficient (Wildman–Crippen LogP) is 1.89. The highest BCUT2D eigenvalue weighted by Gasteiger charge is 2.25. The fourth-order valence-electron chi connectivity index (χ4n) is 1.63. The van der Waals surface area contributed by atoms with E-state index in [1.54, 1.807) is 6.07 Å². The van der Waals surface area contributed by atoms with Gasteiger partial charge in [0.15, 0.2) is 0 Å². The minimum atomic E-state index is -3.32. The van der Waals surface area contributed by atoms with Crippen LogP contribution in [0.5, 0.6) is 0 Å². The van der Waals surface area contributed by atoms with Gasteiger partial charge in [0, 0.05) is 24.5 Å². The Labute approximate surface area is 108 Å². The Balaban J connectivity index is 3.02. The minimum Gasteiger partial charge on any atom is -0.312 e. The van der Waals surface area contributed by atoms with E-state index < -0.39 is 10.0 Å². The summed E-state index contributed by atoms with van der Waals surface area (Å²) in [4.78, 5) is 1.34. The van der Waals surface area contributed by atoms with Crippen molar-refractivity contribution in [3.05, 3.63) is 16.3 Å². The van der Waals surface area contributed by atoms with E-state index in [-0.39, 0.29) is 0 Å². The average molecular weight is 276 g/mol. The molecule has 0 aliphatic carbocycles. The van der Waals surface area contributed by atoms with Crippen molar-refractivity contribution >= 4 is 21.4 Å². The second kappa shape index (κ2) is 6.49. The van der Waals surface area contributed by atoms with Crippen molar-refractivity contribution in [2.45, 2.75) is 32.2 Å². The Bertz CT molecular complexity index is 436. The number of rotatable bonds is 7. The van der Waals surface area contributed by atoms with E-state index in [2.05, 4.69) is 5.32 Å². The van der Waals surface area contributed by atoms with Crippen LogP contribution in [0.1, 0.15) is 25.6 Å². The molecule has 0 spiro atoms. The van der Waals surface area contributed by atoms with Crippen molar-refractivity contribution in [1.82, 2.24) is 9.62 Å². The van der Waals surface area contributed by atoms with Crippen molar-refractivity contribution in [3.8, 4) is 0 Å². The van der Waals surface area contributed by atoms with Crippen molar-refractivity contribution in [1.29, 1.82) is 0 Å². The van der Waals surface area contributed by atoms with Crippen LogP contribution >= 0.6 is 11.3 Å². The van der Waals surface area contributed by atoms with Gasteiger partial charge in [-0.15, -0.1) is 11.3 Å². The van der Waals surface area contributed by atoms with Gasteiger partial charge in [0.25, 0.3) is 0 Å². The number of sulfonamides is 1. The standard InChI is InChI=1S/C11H20N2O2S2/c1-4-12-9-10-11(7-8-16-10)17(14,15)13(5-2)6-3/h7-8,12H,4-6,9H2,1-3H3. The van der Waals surface area contributed by atoms with Crippen molar-refractivity contribution in [2.75, 3.05) is 19.6 Å². The molecule has 0 aromatic carbocycles. The zero-order valence-corrected chi connectivity index (χ0v) is 12.2. The van der Waals surface area contributed by atoms with E-state index in [0.29, 0.717) is 24.5 Å². The topological polar surface area (TPSA) is 49.4 Å². The molecule has 4 nitrogen and oxygen atoms in total. The summed E-state index contributed by atoms with van der Waals surface area (Å²) in [5.74, 6) is 0. The first-order valence-electron chi connectivity index (χ1n) is 5.85. The number of hydrogen-bond acceptors (Lipinski definition) is 4. The lowest BCUT2D eigenvalue weighted by Crippen LogP contribution is -2.31. The SMILES string of the molecule is CCNCc1sccc1S(=O)(=O)N(CC)CC. The van der Waals surface area contributed by atoms with Crippen LogP contribution < -0.4 is 5.32 Å². The number of nitrogens with zero attached hydrogens (tertiary/aromatic N) is 1. The van der Waals surface area contributed by atoms with Crippen LogP contribution in [0.3, 0.4) is 0 Å². The average Bonchev–Trinajstić information content (AvgIpc) is 2.76. The molecular formula is C11H20N2O2S2. The predicted molar refractivity (Wildman–Crippen MR) is 71.8 cm³/mol. The molecule has 0 unspecified atom stereocenters. The van der Waals surface area contributed by atoms with Gasteiger partial charge in [-0.05, 0) is 18.0 Å². The van der Waals surface area contributed by atoms with Gasteiger partial charge in [0.1, 0.15) is 0 Å². The molecule has 1 heterocycles. The van der Waals surface area contributed by atoms with E-state index in [0.717, 1.165) is 11.4 Å². The lowest BCUT2D eigenvalue weighted by atomic mass is 10.4. The van der Waals surface area contributed by atoms with Gasteiger partial charge in [0.05, 0.1) is 4.90 Å². The summed E-state index contributed by atoms with van der Waals surface area (Å²) in [5.41, 5.74) is 0. The maximum Gasteiger partial charge on any atom is 0.244 e. The van der Waals surface area contributed by atoms with Crippen molar-refractivity contribution < 1.29 is 8.42 Å². The lowest BCUT2D eigenvalue weighted by Gasteiger charge is -2.18. The summed E-state index contributed by atoms with van der Waals surface area (Å²) in [6.45, 7) is 8.19. The second-order valence-electron chi connectivity index (χ2n) is 3.58. The molecule has 0 atom stereocenters. The molecule has 0 bridgehead atoms. The van der Waals surface area contributed by atoms with Crippen LogP contribution in [0.25, 0.3) is 0 Å². The largest absolute Gasteiger partial charge is 0.312 e. The van der Waals surface area contributed by atoms with Gasteiger partial charge in [-0.25, -0.2) is 8.42 Å². The summed E-state index contributed by atoms with van der Waals surface area (Å²) < 4.78 is 26.2. The Morgan fingerprint density at radius 3 is 2.47 bits per heavy atom. The molecular weight excluding hydrogens is 256 g/mol. The molecule has 17 heavy (non-hydrogen) atoms. The van der Waals surface area contributed by atoms with Gasteiger partial charge in [-0.2, -0.15) is 4.31 Å². The molecule has 6 heteroatoms. The summed E-state index contributed by atoms with van der Waals surface area (Å²) in [7, 11) is -3.32. The van der Waals surface area contributed by atoms with E-state index in [9.17, 15) is 8.42 Å². The van der Waals surface area contributed by atoms with Gasteiger partial charge in [-0.1, -0.05) is 20.8 Å². The van der Waals surface area contributed by atoms with Gasteiger partial charge in [0.2, 0.25) is 10.0 Å². The maximum atomic E-state index is 12.3. The number of thiophene rings is 1. The molecule has 98 valence electrons. The van der Waals surface area contributed by atoms with E-state index in [1.807, 2.05) is 26.2 Å². The molecule has 0 saturated heterocycles. The van der Waals surface area contributed by atoms with Crippen LogP contribution in [-0.4, -0.2) is 32.4 Å². The third-order valence-corrected chi connectivity index (χ3v) is 5.75. The molecule has 1 rings (SSSR count). The molecule has 1 N–H and O–H groups in total. The molecule has 0 aliphatic rings. The van der Waals surface area contributed by atoms with Gasteiger partial charge >= 0.3 is 0 Å². The summed E-state index contributed by atoms with van der Waals surface area (Å²) in [6.07, 6.45) is 0. The highest BCUT2D eigenvalue weighted by Crippen LogP contribution is 2.24. The first-order valence-corrected chi connectivity index (χ1v) is 8.17. The summed E-state index contributed by atoms with van der Waals surface area (Å²) >= 11 is 1.49. The quantitative estimate of drug-likeness (QED) is 0.827. The van der Waals surface area contributed by atoms with E-state index >= 15 is 0 Å². The number of hydrogen-bond donors (Lipinski definition) is 1. The first-order chi connectivity index (χ1) is 8.07. The Morgan fingerprint density at radius 2 is 1.94 bits per heavy atom. The highest BCUT2D eigenvalue weighted by molar-refractivity contribution is 7.89. The molecule has 0 fully saturated rings. The maximum absolute atomic E-state index is 12.3. The van der Waals surface area contributed by atoms with Crippen LogP contribution in [-0.2, 0) is 16.6 Å². The molecule has 0 saturated carbocycles. The molecule has 1 aromatic rings. The van der Waals surface area contributed by atoms with E-state index in [4.69, 9.17) is 0 Å². The van der Waals surface area contributed by atoms with Crippen LogP contribution in [0, 0.1) is 0 Å². The lowest BCUT2D eigenvalue weighted by molar-refractivity contribution is 0.444. The smallest absolute Gasteiger partial charge is 0.244 e. The van der Waals surface area contributed by atoms with Crippen LogP contribution in [0.4, 0.5) is 0 Å². The zero-order chi connectivity index (χ0) is 12.9. The second-order valence-corrected chi connectivity index (χ2v) is 6.48. The van der Waals surface area contributed by atoms with Crippen molar-refractivity contribution in [2.24, 2.45) is 0 Å². The summed E-state index contributed by atoms with van der Waals surface area (Å²) in [5, 5.41) is 5.00. The third kappa shape index (κ3) is 3.28. The first kappa shape index (κ1) is 14.6. The highest BCUT2D eigenvalue weighted by atomic mass is 32.2. The Kier molecular flexibility index (Phi) is 5.58. The zero-order valence-electron chi connectivity index (χ0n) is 10.6. The van der Waals surface area contributed by atoms with E-state index in [1.165, 1.54) is 15.6 Å². The molecule has 0 radical (unpaired) electrons. The minimum absolute atomic E-state index is 0.451. The van der Waals surface area contributed by atoms with Crippen molar-refractivity contribution in [3.63, 3.8) is 0 Å². The third-order valence-electron chi connectivity index (χ3n) is 2.56. The molecule has 0 aliphatic heterocycles. The monoisotopic (exact) mass is 276 g/mol. The van der Waals surface area contributed by atoms with Gasteiger partial charge < -0.3 is 5.32 Å². The Hall–Kier alpha value is -0.430. The normalized spacial score (nSPS) is 12.2. The summed E-state index contributed by atoms with van der Waals surface area (Å²) in [6, 6.07) is 1.70. The fraction of sp³-hybridized carbons (Fsp3) is 0.636. The van der Waals surface area contributed by atoms with Crippen LogP contribution in [0.15, 0.2) is 16.3 Å². The molecule has 1 aromatic heterocycles. The molecule has 0 amide bonds. The fourth-order valence-corrected chi connectivity index (χ4v) is 4.47.